The van der Waals surface area contributed by atoms with Crippen LogP contribution >= 0.6 is 0 Å². The Kier molecular flexibility index (Phi) is 18.3. The van der Waals surface area contributed by atoms with Crippen LogP contribution in [0.2, 0.25) is 0 Å². The van der Waals surface area contributed by atoms with E-state index in [2.05, 4.69) is 55.4 Å². The van der Waals surface area contributed by atoms with E-state index in [1.807, 2.05) is 0 Å². The molecule has 2 heterocycles. The first-order valence-electron chi connectivity index (χ1n) is 17.6. The van der Waals surface area contributed by atoms with Gasteiger partial charge in [0.1, 0.15) is 0 Å². The van der Waals surface area contributed by atoms with Gasteiger partial charge in [-0.15, -0.1) is 0 Å². The molecule has 6 fully saturated rings. The van der Waals surface area contributed by atoms with Crippen LogP contribution in [0, 0.1) is 47.3 Å². The van der Waals surface area contributed by atoms with Crippen LogP contribution in [0.4, 0.5) is 0 Å². The molecule has 6 aliphatic rings. The molecule has 12 atom stereocenters. The number of epoxide rings is 2. The first kappa shape index (κ1) is 37.9. The Morgan fingerprint density at radius 2 is 0.675 bits per heavy atom. The molecule has 0 bridgehead atoms. The zero-order valence-electron chi connectivity index (χ0n) is 27.1. The predicted octanol–water partition coefficient (Wildman–Crippen LogP) is 12.1. The van der Waals surface area contributed by atoms with Gasteiger partial charge in [-0.05, 0) is 98.7 Å². The molecule has 0 amide bonds. The minimum Gasteiger partial charge on any atom is -0.370 e. The van der Waals surface area contributed by atoms with E-state index in [-0.39, 0.29) is 14.9 Å². The topological polar surface area (TPSA) is 25.1 Å². The van der Waals surface area contributed by atoms with Gasteiger partial charge in [0.05, 0.1) is 24.4 Å². The molecule has 40 heavy (non-hydrogen) atoms. The number of fused-ring (bicyclic) bond motifs is 2. The number of ether oxygens (including phenoxy) is 2. The Hall–Kier alpha value is -0.0800. The van der Waals surface area contributed by atoms with E-state index in [1.165, 1.54) is 103 Å². The molecule has 12 unspecified atom stereocenters. The zero-order valence-corrected chi connectivity index (χ0v) is 27.1. The monoisotopic (exact) mass is 565 g/mol. The van der Waals surface area contributed by atoms with E-state index in [0.717, 1.165) is 47.3 Å². The summed E-state index contributed by atoms with van der Waals surface area (Å²) in [6, 6.07) is 0. The van der Waals surface area contributed by atoms with Crippen molar-refractivity contribution in [3.63, 3.8) is 0 Å². The number of rotatable bonds is 4. The molecule has 2 nitrogen and oxygen atoms in total. The summed E-state index contributed by atoms with van der Waals surface area (Å²) in [6.45, 7) is 18.8. The molecule has 0 N–H and O–H groups in total. The predicted molar refractivity (Wildman–Crippen MR) is 178 cm³/mol. The Labute approximate surface area is 253 Å². The van der Waals surface area contributed by atoms with Crippen molar-refractivity contribution in [1.29, 1.82) is 0 Å². The smallest absolute Gasteiger partial charge is 0.0844 e. The summed E-state index contributed by atoms with van der Waals surface area (Å²) >= 11 is 0. The summed E-state index contributed by atoms with van der Waals surface area (Å²) in [4.78, 5) is 0. The largest absolute Gasteiger partial charge is 0.370 e. The van der Waals surface area contributed by atoms with Gasteiger partial charge in [0.15, 0.2) is 0 Å². The van der Waals surface area contributed by atoms with Crippen LogP contribution in [-0.4, -0.2) is 24.4 Å². The highest BCUT2D eigenvalue weighted by molar-refractivity contribution is 4.92. The molecule has 4 saturated carbocycles. The molecule has 0 aromatic rings. The van der Waals surface area contributed by atoms with Gasteiger partial charge in [0.2, 0.25) is 0 Å². The first-order valence-corrected chi connectivity index (χ1v) is 17.6. The zero-order chi connectivity index (χ0) is 27.7. The van der Waals surface area contributed by atoms with E-state index in [9.17, 15) is 0 Å². The number of hydrogen-bond acceptors (Lipinski definition) is 2. The van der Waals surface area contributed by atoms with Crippen LogP contribution in [0.5, 0.6) is 0 Å². The van der Waals surface area contributed by atoms with Gasteiger partial charge in [-0.3, -0.25) is 0 Å². The van der Waals surface area contributed by atoms with Crippen LogP contribution in [0.1, 0.15) is 173 Å². The normalized spacial score (nSPS) is 42.6. The van der Waals surface area contributed by atoms with Gasteiger partial charge in [-0.2, -0.15) is 0 Å². The second-order valence-corrected chi connectivity index (χ2v) is 14.7. The van der Waals surface area contributed by atoms with Crippen molar-refractivity contribution in [2.75, 3.05) is 0 Å². The third-order valence-electron chi connectivity index (χ3n) is 11.9. The fourth-order valence-electron chi connectivity index (χ4n) is 7.77. The van der Waals surface area contributed by atoms with Gasteiger partial charge < -0.3 is 9.47 Å². The lowest BCUT2D eigenvalue weighted by atomic mass is 9.75. The summed E-state index contributed by atoms with van der Waals surface area (Å²) < 4.78 is 10.8. The lowest BCUT2D eigenvalue weighted by Gasteiger charge is -2.31. The molecule has 4 aliphatic carbocycles. The van der Waals surface area contributed by atoms with Crippen molar-refractivity contribution in [1.82, 2.24) is 0 Å². The van der Waals surface area contributed by atoms with Crippen molar-refractivity contribution >= 4 is 0 Å². The minimum atomic E-state index is 0. The van der Waals surface area contributed by atoms with Gasteiger partial charge in [-0.1, -0.05) is 122 Å². The maximum Gasteiger partial charge on any atom is 0.0844 e. The van der Waals surface area contributed by atoms with Crippen molar-refractivity contribution in [3.8, 4) is 0 Å². The third-order valence-corrected chi connectivity index (χ3v) is 11.9. The molecule has 2 aliphatic heterocycles. The molecule has 2 saturated heterocycles. The lowest BCUT2D eigenvalue weighted by molar-refractivity contribution is 0.204. The van der Waals surface area contributed by atoms with Crippen molar-refractivity contribution < 1.29 is 9.47 Å². The molecule has 0 aromatic heterocycles. The van der Waals surface area contributed by atoms with Crippen LogP contribution < -0.4 is 0 Å². The molecule has 6 rings (SSSR count). The van der Waals surface area contributed by atoms with Crippen LogP contribution in [0.25, 0.3) is 0 Å². The SMILES string of the molecule is C.C.CCC1CCC(C)C(C)C1.CCC1CCC(C)C(C)C1.CCC1CCC2OC2C1.CCC1CCC2OC2C1. The van der Waals surface area contributed by atoms with Crippen LogP contribution in [0.15, 0.2) is 0 Å². The standard InChI is InChI=1S/2C10H20.2C8H14O.2CH4/c2*1-4-10-6-5-8(2)9(3)7-10;2*1-2-6-3-4-7-8(5-6)9-7;;/h2*8-10H,4-7H2,1-3H3;2*6-8H,2-5H2,1H3;2*1H4. The summed E-state index contributed by atoms with van der Waals surface area (Å²) in [6.07, 6.45) is 25.3. The van der Waals surface area contributed by atoms with E-state index >= 15 is 0 Å². The number of hydrogen-bond donors (Lipinski definition) is 0. The average molecular weight is 565 g/mol. The van der Waals surface area contributed by atoms with E-state index in [1.54, 1.807) is 0 Å². The highest BCUT2D eigenvalue weighted by atomic mass is 16.6. The second-order valence-electron chi connectivity index (χ2n) is 14.7. The van der Waals surface area contributed by atoms with E-state index < -0.39 is 0 Å². The molecule has 0 aromatic carbocycles. The van der Waals surface area contributed by atoms with Gasteiger partial charge in [-0.25, -0.2) is 0 Å². The average Bonchev–Trinajstić information content (AvgIpc) is 3.87. The highest BCUT2D eigenvalue weighted by Crippen LogP contribution is 2.41. The Morgan fingerprint density at radius 3 is 0.950 bits per heavy atom. The fraction of sp³-hybridized carbons (Fsp3) is 1.00. The summed E-state index contributed by atoms with van der Waals surface area (Å²) in [5.41, 5.74) is 0. The van der Waals surface area contributed by atoms with Gasteiger partial charge >= 0.3 is 0 Å². The molecular formula is C38H76O2. The van der Waals surface area contributed by atoms with Crippen molar-refractivity contribution in [2.24, 2.45) is 47.3 Å². The molecule has 2 heteroatoms. The van der Waals surface area contributed by atoms with E-state index in [0.29, 0.717) is 24.4 Å². The first-order chi connectivity index (χ1) is 18.3. The molecule has 0 radical (unpaired) electrons. The molecule has 240 valence electrons. The quantitative estimate of drug-likeness (QED) is 0.317. The maximum atomic E-state index is 5.41. The summed E-state index contributed by atoms with van der Waals surface area (Å²) in [7, 11) is 0. The van der Waals surface area contributed by atoms with Gasteiger partial charge in [0, 0.05) is 0 Å². The van der Waals surface area contributed by atoms with Crippen molar-refractivity contribution in [3.05, 3.63) is 0 Å². The highest BCUT2D eigenvalue weighted by Gasteiger charge is 2.43. The van der Waals surface area contributed by atoms with Crippen LogP contribution in [-0.2, 0) is 9.47 Å². The third kappa shape index (κ3) is 12.7. The Balaban J connectivity index is 0.000000262. The van der Waals surface area contributed by atoms with Gasteiger partial charge in [0.25, 0.3) is 0 Å². The summed E-state index contributed by atoms with van der Waals surface area (Å²) in [5.74, 6) is 8.00. The Morgan fingerprint density at radius 1 is 0.375 bits per heavy atom. The minimum absolute atomic E-state index is 0. The second kappa shape index (κ2) is 19.2. The lowest BCUT2D eigenvalue weighted by Crippen LogP contribution is -2.19. The molecule has 0 spiro atoms. The Bertz CT molecular complexity index is 579. The molecular weight excluding hydrogens is 488 g/mol. The summed E-state index contributed by atoms with van der Waals surface area (Å²) in [5, 5.41) is 0. The van der Waals surface area contributed by atoms with E-state index in [4.69, 9.17) is 9.47 Å². The fourth-order valence-corrected chi connectivity index (χ4v) is 7.77. The van der Waals surface area contributed by atoms with Crippen LogP contribution in [0.3, 0.4) is 0 Å². The maximum absolute atomic E-state index is 5.41. The van der Waals surface area contributed by atoms with Crippen molar-refractivity contribution in [2.45, 2.75) is 197 Å².